The number of rotatable bonds is 6. The summed E-state index contributed by atoms with van der Waals surface area (Å²) in [4.78, 5) is 11.6. The van der Waals surface area contributed by atoms with E-state index >= 15 is 0 Å². The molecule has 1 saturated carbocycles. The van der Waals surface area contributed by atoms with Crippen molar-refractivity contribution >= 4 is 5.91 Å². The second-order valence-corrected chi connectivity index (χ2v) is 4.26. The first-order valence-electron chi connectivity index (χ1n) is 5.75. The summed E-state index contributed by atoms with van der Waals surface area (Å²) in [5.74, 6) is 0.962. The van der Waals surface area contributed by atoms with Gasteiger partial charge in [0, 0.05) is 13.1 Å². The summed E-state index contributed by atoms with van der Waals surface area (Å²) in [5.41, 5.74) is 5.61. The average molecular weight is 198 g/mol. The van der Waals surface area contributed by atoms with Crippen LogP contribution in [0.4, 0.5) is 0 Å². The first kappa shape index (κ1) is 11.5. The van der Waals surface area contributed by atoms with Crippen LogP contribution < -0.4 is 11.1 Å². The molecule has 82 valence electrons. The maximum atomic E-state index is 11.6. The largest absolute Gasteiger partial charge is 0.356 e. The Balaban J connectivity index is 2.24. The van der Waals surface area contributed by atoms with Crippen molar-refractivity contribution in [2.45, 2.75) is 39.0 Å². The van der Waals surface area contributed by atoms with Crippen LogP contribution in [0.1, 0.15) is 39.0 Å². The van der Waals surface area contributed by atoms with Crippen molar-refractivity contribution in [3.8, 4) is 0 Å². The maximum absolute atomic E-state index is 11.6. The Labute approximate surface area is 86.4 Å². The van der Waals surface area contributed by atoms with E-state index in [1.165, 1.54) is 19.3 Å². The van der Waals surface area contributed by atoms with E-state index in [1.54, 1.807) is 0 Å². The smallest absolute Gasteiger partial charge is 0.224 e. The fourth-order valence-electron chi connectivity index (χ4n) is 1.83. The number of nitrogens with two attached hydrogens (primary N) is 1. The SMILES string of the molecule is CCCNC(=O)C(CN)CC1CCC1. The summed E-state index contributed by atoms with van der Waals surface area (Å²) >= 11 is 0. The Kier molecular flexibility index (Phi) is 4.94. The lowest BCUT2D eigenvalue weighted by Gasteiger charge is -2.28. The monoisotopic (exact) mass is 198 g/mol. The highest BCUT2D eigenvalue weighted by atomic mass is 16.1. The molecule has 1 atom stereocenters. The average Bonchev–Trinajstić information content (AvgIpc) is 2.13. The molecule has 0 radical (unpaired) electrons. The number of amides is 1. The third-order valence-electron chi connectivity index (χ3n) is 3.05. The Hall–Kier alpha value is -0.570. The first-order chi connectivity index (χ1) is 6.77. The summed E-state index contributed by atoms with van der Waals surface area (Å²) in [6.07, 6.45) is 5.90. The second kappa shape index (κ2) is 6.02. The topological polar surface area (TPSA) is 55.1 Å². The van der Waals surface area contributed by atoms with Crippen molar-refractivity contribution in [3.05, 3.63) is 0 Å². The predicted octanol–water partition coefficient (Wildman–Crippen LogP) is 1.28. The summed E-state index contributed by atoms with van der Waals surface area (Å²) < 4.78 is 0. The van der Waals surface area contributed by atoms with E-state index < -0.39 is 0 Å². The molecule has 1 aliphatic carbocycles. The van der Waals surface area contributed by atoms with Gasteiger partial charge in [-0.3, -0.25) is 4.79 Å². The quantitative estimate of drug-likeness (QED) is 0.675. The molecule has 0 aromatic heterocycles. The molecule has 3 N–H and O–H groups in total. The van der Waals surface area contributed by atoms with E-state index in [9.17, 15) is 4.79 Å². The Morgan fingerprint density at radius 3 is 2.71 bits per heavy atom. The van der Waals surface area contributed by atoms with E-state index in [2.05, 4.69) is 12.2 Å². The fraction of sp³-hybridized carbons (Fsp3) is 0.909. The minimum atomic E-state index is 0.0480. The van der Waals surface area contributed by atoms with Crippen molar-refractivity contribution < 1.29 is 4.79 Å². The van der Waals surface area contributed by atoms with Gasteiger partial charge in [-0.05, 0) is 18.8 Å². The van der Waals surface area contributed by atoms with E-state index in [0.717, 1.165) is 25.3 Å². The molecule has 0 spiro atoms. The molecular weight excluding hydrogens is 176 g/mol. The zero-order valence-electron chi connectivity index (χ0n) is 9.09. The number of hydrogen-bond acceptors (Lipinski definition) is 2. The highest BCUT2D eigenvalue weighted by molar-refractivity contribution is 5.78. The van der Waals surface area contributed by atoms with Crippen molar-refractivity contribution in [2.24, 2.45) is 17.6 Å². The van der Waals surface area contributed by atoms with Gasteiger partial charge in [0.15, 0.2) is 0 Å². The third kappa shape index (κ3) is 3.29. The first-order valence-corrected chi connectivity index (χ1v) is 5.75. The zero-order valence-corrected chi connectivity index (χ0v) is 9.09. The van der Waals surface area contributed by atoms with Crippen LogP contribution in [0.2, 0.25) is 0 Å². The molecule has 0 saturated heterocycles. The van der Waals surface area contributed by atoms with E-state index in [-0.39, 0.29) is 11.8 Å². The summed E-state index contributed by atoms with van der Waals surface area (Å²) in [7, 11) is 0. The molecule has 1 unspecified atom stereocenters. The summed E-state index contributed by atoms with van der Waals surface area (Å²) in [6.45, 7) is 3.33. The van der Waals surface area contributed by atoms with Gasteiger partial charge in [-0.2, -0.15) is 0 Å². The van der Waals surface area contributed by atoms with Gasteiger partial charge in [0.2, 0.25) is 5.91 Å². The Morgan fingerprint density at radius 1 is 1.57 bits per heavy atom. The van der Waals surface area contributed by atoms with Crippen molar-refractivity contribution in [3.63, 3.8) is 0 Å². The molecule has 0 aromatic rings. The maximum Gasteiger partial charge on any atom is 0.224 e. The minimum Gasteiger partial charge on any atom is -0.356 e. The fourth-order valence-corrected chi connectivity index (χ4v) is 1.83. The Morgan fingerprint density at radius 2 is 2.29 bits per heavy atom. The minimum absolute atomic E-state index is 0.0480. The van der Waals surface area contributed by atoms with Gasteiger partial charge >= 0.3 is 0 Å². The molecule has 0 bridgehead atoms. The molecule has 14 heavy (non-hydrogen) atoms. The second-order valence-electron chi connectivity index (χ2n) is 4.26. The van der Waals surface area contributed by atoms with Crippen LogP contribution >= 0.6 is 0 Å². The van der Waals surface area contributed by atoms with Crippen LogP contribution in [0.3, 0.4) is 0 Å². The van der Waals surface area contributed by atoms with Crippen molar-refractivity contribution in [1.82, 2.24) is 5.32 Å². The standard InChI is InChI=1S/C11H22N2O/c1-2-6-13-11(14)10(8-12)7-9-4-3-5-9/h9-10H,2-8,12H2,1H3,(H,13,14). The van der Waals surface area contributed by atoms with Crippen molar-refractivity contribution in [1.29, 1.82) is 0 Å². The number of carbonyl (C=O) groups excluding carboxylic acids is 1. The highest BCUT2D eigenvalue weighted by Gasteiger charge is 2.25. The van der Waals surface area contributed by atoms with Crippen LogP contribution in [-0.4, -0.2) is 19.0 Å². The van der Waals surface area contributed by atoms with Gasteiger partial charge in [0.05, 0.1) is 5.92 Å². The number of hydrogen-bond donors (Lipinski definition) is 2. The van der Waals surface area contributed by atoms with Crippen LogP contribution in [0.25, 0.3) is 0 Å². The lowest BCUT2D eigenvalue weighted by Crippen LogP contribution is -2.37. The van der Waals surface area contributed by atoms with E-state index in [1.807, 2.05) is 0 Å². The molecular formula is C11H22N2O. The van der Waals surface area contributed by atoms with Crippen LogP contribution in [-0.2, 0) is 4.79 Å². The summed E-state index contributed by atoms with van der Waals surface area (Å²) in [6, 6.07) is 0. The Bertz CT molecular complexity index is 178. The summed E-state index contributed by atoms with van der Waals surface area (Å²) in [5, 5.41) is 2.92. The van der Waals surface area contributed by atoms with Gasteiger partial charge in [-0.25, -0.2) is 0 Å². The zero-order chi connectivity index (χ0) is 10.4. The molecule has 0 aromatic carbocycles. The molecule has 1 amide bonds. The van der Waals surface area contributed by atoms with Crippen LogP contribution in [0.15, 0.2) is 0 Å². The van der Waals surface area contributed by atoms with E-state index in [0.29, 0.717) is 6.54 Å². The van der Waals surface area contributed by atoms with Gasteiger partial charge in [-0.1, -0.05) is 26.2 Å². The normalized spacial score (nSPS) is 18.7. The lowest BCUT2D eigenvalue weighted by atomic mass is 9.79. The van der Waals surface area contributed by atoms with E-state index in [4.69, 9.17) is 5.73 Å². The van der Waals surface area contributed by atoms with Gasteiger partial charge < -0.3 is 11.1 Å². The van der Waals surface area contributed by atoms with Gasteiger partial charge in [0.25, 0.3) is 0 Å². The van der Waals surface area contributed by atoms with Crippen LogP contribution in [0, 0.1) is 11.8 Å². The third-order valence-corrected chi connectivity index (χ3v) is 3.05. The number of nitrogens with one attached hydrogen (secondary N) is 1. The van der Waals surface area contributed by atoms with Gasteiger partial charge in [0.1, 0.15) is 0 Å². The molecule has 0 heterocycles. The van der Waals surface area contributed by atoms with Crippen LogP contribution in [0.5, 0.6) is 0 Å². The molecule has 1 rings (SSSR count). The van der Waals surface area contributed by atoms with Crippen molar-refractivity contribution in [2.75, 3.05) is 13.1 Å². The molecule has 0 aliphatic heterocycles. The highest BCUT2D eigenvalue weighted by Crippen LogP contribution is 2.31. The van der Waals surface area contributed by atoms with Gasteiger partial charge in [-0.15, -0.1) is 0 Å². The molecule has 1 aliphatic rings. The molecule has 3 heteroatoms. The predicted molar refractivity (Wildman–Crippen MR) is 57.8 cm³/mol. The molecule has 3 nitrogen and oxygen atoms in total. The molecule has 1 fully saturated rings. The number of carbonyl (C=O) groups is 1. The lowest BCUT2D eigenvalue weighted by molar-refractivity contribution is -0.125.